The molecular formula is C23H19ClN2O5. The number of ether oxygens (including phenoxy) is 3. The summed E-state index contributed by atoms with van der Waals surface area (Å²) in [4.78, 5) is 13.0. The summed E-state index contributed by atoms with van der Waals surface area (Å²) in [6.45, 7) is 0.827. The van der Waals surface area contributed by atoms with Gasteiger partial charge in [-0.2, -0.15) is 5.10 Å². The lowest BCUT2D eigenvalue weighted by Gasteiger charge is -2.21. The number of halogens is 1. The van der Waals surface area contributed by atoms with Crippen LogP contribution in [0.3, 0.4) is 0 Å². The molecular weight excluding hydrogens is 420 g/mol. The number of fused-ring (bicyclic) bond motifs is 1. The maximum atomic E-state index is 13.0. The first-order valence-corrected chi connectivity index (χ1v) is 10.3. The largest absolute Gasteiger partial charge is 0.486 e. The molecule has 2 aliphatic rings. The van der Waals surface area contributed by atoms with Gasteiger partial charge in [0.2, 0.25) is 0 Å². The standard InChI is InChI=1S/C23H19ClN2O5/c24-16-5-3-15(4-6-16)18-13-19(20-2-1-9-28-20)26(25-18)23(27)14-31-17-7-8-21-22(12-17)30-11-10-29-21/h1-9,12,19H,10-11,13-14H2. The fourth-order valence-electron chi connectivity index (χ4n) is 3.58. The number of hydrogen-bond donors (Lipinski definition) is 0. The average molecular weight is 439 g/mol. The van der Waals surface area contributed by atoms with Crippen molar-refractivity contribution in [3.8, 4) is 17.2 Å². The molecule has 0 spiro atoms. The van der Waals surface area contributed by atoms with Crippen LogP contribution in [0.2, 0.25) is 5.02 Å². The minimum atomic E-state index is -0.336. The van der Waals surface area contributed by atoms with Gasteiger partial charge in [-0.15, -0.1) is 0 Å². The highest BCUT2D eigenvalue weighted by atomic mass is 35.5. The summed E-state index contributed by atoms with van der Waals surface area (Å²) in [5.41, 5.74) is 1.69. The summed E-state index contributed by atoms with van der Waals surface area (Å²) < 4.78 is 22.4. The van der Waals surface area contributed by atoms with E-state index in [1.807, 2.05) is 18.2 Å². The molecule has 0 fully saturated rings. The molecule has 1 unspecified atom stereocenters. The Balaban J connectivity index is 1.34. The number of amides is 1. The number of hydrogen-bond acceptors (Lipinski definition) is 6. The molecule has 1 amide bonds. The molecule has 3 aromatic rings. The first-order valence-electron chi connectivity index (χ1n) is 9.89. The van der Waals surface area contributed by atoms with E-state index in [0.717, 1.165) is 11.3 Å². The maximum absolute atomic E-state index is 13.0. The molecule has 2 aliphatic heterocycles. The predicted molar refractivity (Wildman–Crippen MR) is 114 cm³/mol. The van der Waals surface area contributed by atoms with Crippen LogP contribution >= 0.6 is 11.6 Å². The number of carbonyl (C=O) groups excluding carboxylic acids is 1. The third kappa shape index (κ3) is 4.09. The summed E-state index contributed by atoms with van der Waals surface area (Å²) in [6.07, 6.45) is 2.12. The lowest BCUT2D eigenvalue weighted by molar-refractivity contribution is -0.135. The number of furan rings is 1. The SMILES string of the molecule is O=C(COc1ccc2c(c1)OCCO2)N1N=C(c2ccc(Cl)cc2)CC1c1ccco1. The van der Waals surface area contributed by atoms with Crippen molar-refractivity contribution in [2.24, 2.45) is 5.10 Å². The van der Waals surface area contributed by atoms with E-state index in [0.29, 0.717) is 47.7 Å². The summed E-state index contributed by atoms with van der Waals surface area (Å²) >= 11 is 6.00. The van der Waals surface area contributed by atoms with Crippen molar-refractivity contribution in [3.63, 3.8) is 0 Å². The third-order valence-electron chi connectivity index (χ3n) is 5.09. The molecule has 0 aliphatic carbocycles. The number of rotatable bonds is 5. The average Bonchev–Trinajstić information content (AvgIpc) is 3.48. The molecule has 0 radical (unpaired) electrons. The first kappa shape index (κ1) is 19.5. The van der Waals surface area contributed by atoms with Crippen LogP contribution in [-0.2, 0) is 4.79 Å². The quantitative estimate of drug-likeness (QED) is 0.588. The van der Waals surface area contributed by atoms with Gasteiger partial charge in [0.05, 0.1) is 12.0 Å². The van der Waals surface area contributed by atoms with Gasteiger partial charge in [-0.3, -0.25) is 4.79 Å². The van der Waals surface area contributed by atoms with Crippen molar-refractivity contribution in [1.29, 1.82) is 0 Å². The van der Waals surface area contributed by atoms with Gasteiger partial charge < -0.3 is 18.6 Å². The Bertz CT molecular complexity index is 1110. The number of carbonyl (C=O) groups is 1. The van der Waals surface area contributed by atoms with Crippen molar-refractivity contribution < 1.29 is 23.4 Å². The van der Waals surface area contributed by atoms with Crippen LogP contribution in [0, 0.1) is 0 Å². The van der Waals surface area contributed by atoms with E-state index in [2.05, 4.69) is 5.10 Å². The van der Waals surface area contributed by atoms with Crippen LogP contribution in [0.1, 0.15) is 23.8 Å². The smallest absolute Gasteiger partial charge is 0.281 e. The number of nitrogens with zero attached hydrogens (tertiary/aromatic N) is 2. The molecule has 0 bridgehead atoms. The zero-order valence-electron chi connectivity index (χ0n) is 16.5. The van der Waals surface area contributed by atoms with E-state index in [1.165, 1.54) is 5.01 Å². The minimum Gasteiger partial charge on any atom is -0.486 e. The number of hydrazone groups is 1. The van der Waals surface area contributed by atoms with E-state index in [9.17, 15) is 4.79 Å². The van der Waals surface area contributed by atoms with Crippen molar-refractivity contribution in [1.82, 2.24) is 5.01 Å². The van der Waals surface area contributed by atoms with E-state index >= 15 is 0 Å². The van der Waals surface area contributed by atoms with Crippen molar-refractivity contribution in [2.45, 2.75) is 12.5 Å². The molecule has 3 heterocycles. The first-order chi connectivity index (χ1) is 15.2. The second-order valence-corrected chi connectivity index (χ2v) is 7.56. The molecule has 7 nitrogen and oxygen atoms in total. The predicted octanol–water partition coefficient (Wildman–Crippen LogP) is 4.46. The Morgan fingerprint density at radius 2 is 1.90 bits per heavy atom. The molecule has 0 saturated carbocycles. The molecule has 0 N–H and O–H groups in total. The Kier molecular flexibility index (Phi) is 5.26. The Hall–Kier alpha value is -3.45. The molecule has 1 aromatic heterocycles. The van der Waals surface area contributed by atoms with Crippen LogP contribution in [0.4, 0.5) is 0 Å². The van der Waals surface area contributed by atoms with Gasteiger partial charge in [0, 0.05) is 17.5 Å². The topological polar surface area (TPSA) is 73.5 Å². The Labute approximate surface area is 183 Å². The van der Waals surface area contributed by atoms with Crippen molar-refractivity contribution in [3.05, 3.63) is 77.2 Å². The fourth-order valence-corrected chi connectivity index (χ4v) is 3.71. The zero-order chi connectivity index (χ0) is 21.2. The highest BCUT2D eigenvalue weighted by Gasteiger charge is 2.35. The molecule has 1 atom stereocenters. The van der Waals surface area contributed by atoms with Crippen LogP contribution in [0.15, 0.2) is 70.4 Å². The molecule has 0 saturated heterocycles. The Morgan fingerprint density at radius 1 is 1.10 bits per heavy atom. The van der Waals surface area contributed by atoms with Gasteiger partial charge in [0.1, 0.15) is 30.8 Å². The van der Waals surface area contributed by atoms with Crippen LogP contribution in [0.5, 0.6) is 17.2 Å². The highest BCUT2D eigenvalue weighted by Crippen LogP contribution is 2.35. The van der Waals surface area contributed by atoms with Gasteiger partial charge in [-0.25, -0.2) is 5.01 Å². The van der Waals surface area contributed by atoms with Crippen molar-refractivity contribution in [2.75, 3.05) is 19.8 Å². The van der Waals surface area contributed by atoms with Gasteiger partial charge >= 0.3 is 0 Å². The highest BCUT2D eigenvalue weighted by molar-refractivity contribution is 6.30. The summed E-state index contributed by atoms with van der Waals surface area (Å²) in [5.74, 6) is 2.18. The molecule has 5 rings (SSSR count). The summed E-state index contributed by atoms with van der Waals surface area (Å²) in [5, 5.41) is 6.66. The van der Waals surface area contributed by atoms with Gasteiger partial charge in [-0.05, 0) is 42.0 Å². The van der Waals surface area contributed by atoms with Crippen LogP contribution in [-0.4, -0.2) is 36.4 Å². The summed E-state index contributed by atoms with van der Waals surface area (Å²) in [7, 11) is 0. The van der Waals surface area contributed by atoms with E-state index < -0.39 is 0 Å². The van der Waals surface area contributed by atoms with E-state index in [-0.39, 0.29) is 18.6 Å². The third-order valence-corrected chi connectivity index (χ3v) is 5.34. The van der Waals surface area contributed by atoms with E-state index in [1.54, 1.807) is 42.7 Å². The van der Waals surface area contributed by atoms with Gasteiger partial charge in [0.25, 0.3) is 5.91 Å². The van der Waals surface area contributed by atoms with E-state index in [4.69, 9.17) is 30.2 Å². The lowest BCUT2D eigenvalue weighted by Crippen LogP contribution is -2.31. The van der Waals surface area contributed by atoms with Gasteiger partial charge in [0.15, 0.2) is 18.1 Å². The fraction of sp³-hybridized carbons (Fsp3) is 0.217. The van der Waals surface area contributed by atoms with Gasteiger partial charge in [-0.1, -0.05) is 23.7 Å². The minimum absolute atomic E-state index is 0.172. The zero-order valence-corrected chi connectivity index (χ0v) is 17.2. The molecule has 8 heteroatoms. The lowest BCUT2D eigenvalue weighted by atomic mass is 10.0. The molecule has 31 heavy (non-hydrogen) atoms. The number of benzene rings is 2. The normalized spacial score (nSPS) is 17.4. The van der Waals surface area contributed by atoms with Crippen LogP contribution < -0.4 is 14.2 Å². The van der Waals surface area contributed by atoms with Crippen molar-refractivity contribution >= 4 is 23.2 Å². The Morgan fingerprint density at radius 3 is 2.68 bits per heavy atom. The maximum Gasteiger partial charge on any atom is 0.281 e. The molecule has 2 aromatic carbocycles. The second-order valence-electron chi connectivity index (χ2n) is 7.12. The monoisotopic (exact) mass is 438 g/mol. The summed E-state index contributed by atoms with van der Waals surface area (Å²) in [6, 6.07) is 15.9. The molecule has 158 valence electrons. The van der Waals surface area contributed by atoms with Crippen LogP contribution in [0.25, 0.3) is 0 Å². The second kappa shape index (κ2) is 8.35.